The van der Waals surface area contributed by atoms with Crippen LogP contribution in [-0.4, -0.2) is 41.7 Å². The number of thiazole rings is 1. The number of nitrogens with one attached hydrogen (secondary N) is 1. The maximum Gasteiger partial charge on any atom is 0.262 e. The number of anilines is 1. The highest BCUT2D eigenvalue weighted by Gasteiger charge is 2.18. The maximum atomic E-state index is 11.7. The van der Waals surface area contributed by atoms with Gasteiger partial charge < -0.3 is 19.9 Å². The molecule has 0 atom stereocenters. The lowest BCUT2D eigenvalue weighted by Crippen LogP contribution is -2.25. The predicted molar refractivity (Wildman–Crippen MR) is 120 cm³/mol. The Morgan fingerprint density at radius 3 is 2.90 bits per heavy atom. The number of aromatic nitrogens is 1. The molecule has 0 fully saturated rings. The normalized spacial score (nSPS) is 14.1. The van der Waals surface area contributed by atoms with Crippen LogP contribution < -0.4 is 19.6 Å². The Bertz CT molecular complexity index is 1240. The SMILES string of the molecule is CCN=c1scc(-c2ccc3c(c2)NC(=O)CO3)n1N=C(C)c1ccc(OC)cc1O. The molecular weight excluding hydrogens is 416 g/mol. The maximum absolute atomic E-state index is 11.7. The van der Waals surface area contributed by atoms with Crippen molar-refractivity contribution in [3.05, 3.63) is 52.1 Å². The first kappa shape index (κ1) is 20.7. The van der Waals surface area contributed by atoms with E-state index in [4.69, 9.17) is 14.6 Å². The van der Waals surface area contributed by atoms with E-state index in [9.17, 15) is 9.90 Å². The Balaban J connectivity index is 1.81. The topological polar surface area (TPSA) is 97.4 Å². The predicted octanol–water partition coefficient (Wildman–Crippen LogP) is 3.45. The molecule has 0 spiro atoms. The summed E-state index contributed by atoms with van der Waals surface area (Å²) >= 11 is 1.47. The van der Waals surface area contributed by atoms with Gasteiger partial charge in [-0.2, -0.15) is 5.10 Å². The number of phenols is 1. The standard InChI is InChI=1S/C22H22N4O4S/c1-4-23-22-26(25-13(2)16-7-6-15(29-3)10-19(16)27)18(12-31-22)14-5-8-20-17(9-14)24-21(28)11-30-20/h5-10,12,27H,4,11H2,1-3H3,(H,24,28). The molecule has 2 N–H and O–H groups in total. The van der Waals surface area contributed by atoms with Crippen molar-refractivity contribution in [3.8, 4) is 28.5 Å². The van der Waals surface area contributed by atoms with Crippen molar-refractivity contribution < 1.29 is 19.4 Å². The van der Waals surface area contributed by atoms with E-state index >= 15 is 0 Å². The number of carbonyl (C=O) groups is 1. The minimum atomic E-state index is -0.187. The van der Waals surface area contributed by atoms with Crippen LogP contribution in [-0.2, 0) is 4.79 Å². The number of phenolic OH excluding ortho intramolecular Hbond substituents is 1. The zero-order valence-electron chi connectivity index (χ0n) is 17.4. The first-order valence-corrected chi connectivity index (χ1v) is 10.6. The molecule has 1 amide bonds. The van der Waals surface area contributed by atoms with Gasteiger partial charge in [-0.1, -0.05) is 0 Å². The number of nitrogens with zero attached hydrogens (tertiary/aromatic N) is 3. The van der Waals surface area contributed by atoms with E-state index in [-0.39, 0.29) is 18.3 Å². The number of amides is 1. The highest BCUT2D eigenvalue weighted by Crippen LogP contribution is 2.33. The van der Waals surface area contributed by atoms with Crippen molar-refractivity contribution in [1.29, 1.82) is 0 Å². The fourth-order valence-corrected chi connectivity index (χ4v) is 4.12. The summed E-state index contributed by atoms with van der Waals surface area (Å²) in [5.41, 5.74) is 3.50. The van der Waals surface area contributed by atoms with Crippen molar-refractivity contribution >= 4 is 28.6 Å². The molecule has 3 aromatic rings. The molecule has 0 unspecified atom stereocenters. The van der Waals surface area contributed by atoms with Gasteiger partial charge in [-0.15, -0.1) is 11.3 Å². The number of ether oxygens (including phenoxy) is 2. The fourth-order valence-electron chi connectivity index (χ4n) is 3.23. The molecule has 0 aliphatic carbocycles. The van der Waals surface area contributed by atoms with Crippen LogP contribution in [0, 0.1) is 0 Å². The molecule has 31 heavy (non-hydrogen) atoms. The number of hydrogen-bond donors (Lipinski definition) is 2. The number of rotatable bonds is 5. The monoisotopic (exact) mass is 438 g/mol. The molecule has 1 aromatic heterocycles. The third kappa shape index (κ3) is 4.17. The summed E-state index contributed by atoms with van der Waals surface area (Å²) in [5, 5.41) is 19.9. The molecule has 0 radical (unpaired) electrons. The highest BCUT2D eigenvalue weighted by molar-refractivity contribution is 7.07. The zero-order valence-corrected chi connectivity index (χ0v) is 18.2. The third-order valence-electron chi connectivity index (χ3n) is 4.73. The number of benzene rings is 2. The van der Waals surface area contributed by atoms with Gasteiger partial charge in [0.05, 0.1) is 24.2 Å². The van der Waals surface area contributed by atoms with Gasteiger partial charge >= 0.3 is 0 Å². The van der Waals surface area contributed by atoms with E-state index in [1.165, 1.54) is 11.3 Å². The second-order valence-electron chi connectivity index (χ2n) is 6.81. The lowest BCUT2D eigenvalue weighted by atomic mass is 10.1. The zero-order chi connectivity index (χ0) is 22.0. The molecule has 0 saturated carbocycles. The van der Waals surface area contributed by atoms with Gasteiger partial charge in [-0.3, -0.25) is 9.79 Å². The van der Waals surface area contributed by atoms with E-state index in [1.807, 2.05) is 37.4 Å². The third-order valence-corrected chi connectivity index (χ3v) is 5.59. The lowest BCUT2D eigenvalue weighted by Gasteiger charge is -2.18. The number of aromatic hydroxyl groups is 1. The van der Waals surface area contributed by atoms with E-state index in [0.717, 1.165) is 16.1 Å². The van der Waals surface area contributed by atoms with Crippen molar-refractivity contribution in [2.24, 2.45) is 10.1 Å². The van der Waals surface area contributed by atoms with Crippen LogP contribution in [0.1, 0.15) is 19.4 Å². The summed E-state index contributed by atoms with van der Waals surface area (Å²) in [6, 6.07) is 10.7. The molecule has 160 valence electrons. The van der Waals surface area contributed by atoms with Gasteiger partial charge in [0, 0.05) is 29.1 Å². The first-order chi connectivity index (χ1) is 15.0. The molecule has 2 heterocycles. The summed E-state index contributed by atoms with van der Waals surface area (Å²) in [6.07, 6.45) is 0. The van der Waals surface area contributed by atoms with Crippen molar-refractivity contribution in [2.75, 3.05) is 25.6 Å². The van der Waals surface area contributed by atoms with Crippen LogP contribution in [0.5, 0.6) is 17.2 Å². The molecule has 8 nitrogen and oxygen atoms in total. The van der Waals surface area contributed by atoms with Gasteiger partial charge in [0.25, 0.3) is 5.91 Å². The van der Waals surface area contributed by atoms with E-state index in [0.29, 0.717) is 35.0 Å². The Labute approximate surface area is 183 Å². The van der Waals surface area contributed by atoms with Gasteiger partial charge in [-0.25, -0.2) is 4.68 Å². The number of hydrogen-bond acceptors (Lipinski definition) is 7. The van der Waals surface area contributed by atoms with E-state index in [1.54, 1.807) is 30.0 Å². The average molecular weight is 439 g/mol. The summed E-state index contributed by atoms with van der Waals surface area (Å²) in [5.74, 6) is 1.10. The summed E-state index contributed by atoms with van der Waals surface area (Å²) < 4.78 is 12.4. The molecule has 0 saturated heterocycles. The minimum Gasteiger partial charge on any atom is -0.507 e. The van der Waals surface area contributed by atoms with Crippen LogP contribution in [0.4, 0.5) is 5.69 Å². The molecule has 1 aliphatic rings. The average Bonchev–Trinajstić information content (AvgIpc) is 3.15. The van der Waals surface area contributed by atoms with Crippen molar-refractivity contribution in [3.63, 3.8) is 0 Å². The lowest BCUT2D eigenvalue weighted by molar-refractivity contribution is -0.118. The first-order valence-electron chi connectivity index (χ1n) is 9.71. The summed E-state index contributed by atoms with van der Waals surface area (Å²) in [6.45, 7) is 4.41. The van der Waals surface area contributed by atoms with Crippen molar-refractivity contribution in [2.45, 2.75) is 13.8 Å². The van der Waals surface area contributed by atoms with Crippen molar-refractivity contribution in [1.82, 2.24) is 4.68 Å². The van der Waals surface area contributed by atoms with E-state index in [2.05, 4.69) is 10.3 Å². The minimum absolute atomic E-state index is 0.0131. The molecule has 0 bridgehead atoms. The molecule has 4 rings (SSSR count). The van der Waals surface area contributed by atoms with Gasteiger partial charge in [0.1, 0.15) is 17.2 Å². The highest BCUT2D eigenvalue weighted by atomic mass is 32.1. The smallest absolute Gasteiger partial charge is 0.262 e. The van der Waals surface area contributed by atoms with Crippen LogP contribution in [0.25, 0.3) is 11.3 Å². The largest absolute Gasteiger partial charge is 0.507 e. The van der Waals surface area contributed by atoms with E-state index < -0.39 is 0 Å². The Hall–Kier alpha value is -3.59. The second kappa shape index (κ2) is 8.65. The van der Waals surface area contributed by atoms with Crippen LogP contribution in [0.15, 0.2) is 51.9 Å². The quantitative estimate of drug-likeness (QED) is 0.596. The Kier molecular flexibility index (Phi) is 5.77. The second-order valence-corrected chi connectivity index (χ2v) is 7.64. The number of fused-ring (bicyclic) bond motifs is 1. The number of methoxy groups -OCH3 is 1. The molecule has 2 aromatic carbocycles. The Morgan fingerprint density at radius 2 is 2.16 bits per heavy atom. The Morgan fingerprint density at radius 1 is 1.32 bits per heavy atom. The molecule has 9 heteroatoms. The van der Waals surface area contributed by atoms with Gasteiger partial charge in [0.2, 0.25) is 4.80 Å². The molecular formula is C22H22N4O4S. The van der Waals surface area contributed by atoms with Gasteiger partial charge in [0.15, 0.2) is 6.61 Å². The van der Waals surface area contributed by atoms with Gasteiger partial charge in [-0.05, 0) is 44.2 Å². The number of carbonyl (C=O) groups excluding carboxylic acids is 1. The fraction of sp³-hybridized carbons (Fsp3) is 0.227. The summed E-state index contributed by atoms with van der Waals surface area (Å²) in [7, 11) is 1.55. The van der Waals surface area contributed by atoms with Crippen LogP contribution in [0.3, 0.4) is 0 Å². The van der Waals surface area contributed by atoms with Crippen LogP contribution in [0.2, 0.25) is 0 Å². The summed E-state index contributed by atoms with van der Waals surface area (Å²) in [4.78, 5) is 17.0. The molecule has 1 aliphatic heterocycles. The van der Waals surface area contributed by atoms with Crippen LogP contribution >= 0.6 is 11.3 Å².